The van der Waals surface area contributed by atoms with Gasteiger partial charge < -0.3 is 15.2 Å². The minimum absolute atomic E-state index is 0.0282. The van der Waals surface area contributed by atoms with E-state index in [0.717, 1.165) is 16.8 Å². The van der Waals surface area contributed by atoms with Crippen molar-refractivity contribution in [2.24, 2.45) is 0 Å². The van der Waals surface area contributed by atoms with Crippen LogP contribution in [-0.2, 0) is 11.3 Å². The number of anilines is 1. The van der Waals surface area contributed by atoms with Gasteiger partial charge in [0.2, 0.25) is 5.91 Å². The molecule has 1 atom stereocenters. The van der Waals surface area contributed by atoms with E-state index in [4.69, 9.17) is 0 Å². The second-order valence-electron chi connectivity index (χ2n) is 7.40. The Kier molecular flexibility index (Phi) is 7.63. The number of nitrogens with one attached hydrogen (secondary N) is 2. The number of hydrogen-bond acceptors (Lipinski definition) is 5. The van der Waals surface area contributed by atoms with E-state index in [2.05, 4.69) is 20.8 Å². The van der Waals surface area contributed by atoms with Crippen molar-refractivity contribution in [2.75, 3.05) is 11.1 Å². The zero-order chi connectivity index (χ0) is 23.3. The van der Waals surface area contributed by atoms with E-state index in [-0.39, 0.29) is 17.2 Å². The number of aryl methyl sites for hydroxylation is 2. The molecule has 168 valence electrons. The second kappa shape index (κ2) is 10.4. The molecule has 9 heteroatoms. The Morgan fingerprint density at radius 1 is 1.12 bits per heavy atom. The molecular formula is C23H26FN5O2S. The smallest absolute Gasteiger partial charge is 0.254 e. The molecule has 1 heterocycles. The summed E-state index contributed by atoms with van der Waals surface area (Å²) in [6, 6.07) is 11.1. The Morgan fingerprint density at radius 2 is 1.88 bits per heavy atom. The molecule has 0 bridgehead atoms. The Morgan fingerprint density at radius 3 is 2.56 bits per heavy atom. The average molecular weight is 456 g/mol. The van der Waals surface area contributed by atoms with Gasteiger partial charge in [0, 0.05) is 12.2 Å². The lowest BCUT2D eigenvalue weighted by atomic mass is 10.1. The number of halogens is 1. The zero-order valence-corrected chi connectivity index (χ0v) is 19.3. The fraction of sp³-hybridized carbons (Fsp3) is 0.304. The molecule has 2 aromatic carbocycles. The van der Waals surface area contributed by atoms with E-state index < -0.39 is 17.8 Å². The molecule has 2 amide bonds. The van der Waals surface area contributed by atoms with Gasteiger partial charge in [-0.15, -0.1) is 10.2 Å². The predicted octanol–water partition coefficient (Wildman–Crippen LogP) is 4.28. The summed E-state index contributed by atoms with van der Waals surface area (Å²) in [6.45, 7) is 8.26. The minimum atomic E-state index is -0.583. The molecule has 0 fully saturated rings. The first-order valence-electron chi connectivity index (χ1n) is 10.3. The monoisotopic (exact) mass is 455 g/mol. The minimum Gasteiger partial charge on any atom is -0.342 e. The first-order chi connectivity index (χ1) is 15.3. The molecule has 1 aromatic heterocycles. The molecule has 0 radical (unpaired) electrons. The quantitative estimate of drug-likeness (QED) is 0.495. The molecule has 2 N–H and O–H groups in total. The van der Waals surface area contributed by atoms with E-state index in [9.17, 15) is 14.0 Å². The summed E-state index contributed by atoms with van der Waals surface area (Å²) >= 11 is 1.27. The van der Waals surface area contributed by atoms with Crippen molar-refractivity contribution in [3.8, 4) is 0 Å². The third-order valence-corrected chi connectivity index (χ3v) is 6.00. The largest absolute Gasteiger partial charge is 0.342 e. The van der Waals surface area contributed by atoms with Crippen LogP contribution in [0.3, 0.4) is 0 Å². The fourth-order valence-corrected chi connectivity index (χ4v) is 3.96. The lowest BCUT2D eigenvalue weighted by Gasteiger charge is -2.15. The number of rotatable bonds is 8. The zero-order valence-electron chi connectivity index (χ0n) is 18.5. The number of thioether (sulfide) groups is 1. The van der Waals surface area contributed by atoms with Gasteiger partial charge in [0.1, 0.15) is 5.82 Å². The summed E-state index contributed by atoms with van der Waals surface area (Å²) in [7, 11) is 0. The van der Waals surface area contributed by atoms with E-state index in [0.29, 0.717) is 17.5 Å². The first-order valence-corrected chi connectivity index (χ1v) is 11.3. The highest BCUT2D eigenvalue weighted by molar-refractivity contribution is 7.99. The van der Waals surface area contributed by atoms with Crippen molar-refractivity contribution in [3.63, 3.8) is 0 Å². The summed E-state index contributed by atoms with van der Waals surface area (Å²) in [5.74, 6) is -0.551. The molecular weight excluding hydrogens is 429 g/mol. The Labute approximate surface area is 190 Å². The maximum absolute atomic E-state index is 13.9. The van der Waals surface area contributed by atoms with Gasteiger partial charge in [0.25, 0.3) is 5.91 Å². The molecule has 0 spiro atoms. The summed E-state index contributed by atoms with van der Waals surface area (Å²) in [5.41, 5.74) is 3.00. The van der Waals surface area contributed by atoms with Gasteiger partial charge in [-0.05, 0) is 63.1 Å². The number of aromatic nitrogens is 3. The molecule has 0 unspecified atom stereocenters. The van der Waals surface area contributed by atoms with Crippen LogP contribution in [0.4, 0.5) is 10.1 Å². The summed E-state index contributed by atoms with van der Waals surface area (Å²) < 4.78 is 15.7. The molecule has 7 nitrogen and oxygen atoms in total. The van der Waals surface area contributed by atoms with Crippen molar-refractivity contribution in [1.82, 2.24) is 20.1 Å². The van der Waals surface area contributed by atoms with Crippen LogP contribution in [0.2, 0.25) is 0 Å². The topological polar surface area (TPSA) is 88.9 Å². The highest BCUT2D eigenvalue weighted by Crippen LogP contribution is 2.22. The third-order valence-electron chi connectivity index (χ3n) is 5.04. The van der Waals surface area contributed by atoms with Crippen molar-refractivity contribution < 1.29 is 14.0 Å². The standard InChI is InChI=1S/C23H26FN5O2S/c1-5-29-21(16(4)25-22(31)18-8-6-7-9-19(18)24)27-28-23(29)32-13-20(30)26-17-11-10-14(2)15(3)12-17/h6-12,16H,5,13H2,1-4H3,(H,25,31)(H,26,30)/t16-/m1/s1. The second-order valence-corrected chi connectivity index (χ2v) is 8.34. The number of carbonyl (C=O) groups is 2. The molecule has 0 aliphatic rings. The lowest BCUT2D eigenvalue weighted by Crippen LogP contribution is -2.29. The maximum atomic E-state index is 13.9. The van der Waals surface area contributed by atoms with Crippen LogP contribution in [0.1, 0.15) is 47.2 Å². The van der Waals surface area contributed by atoms with E-state index in [1.807, 2.05) is 43.5 Å². The molecule has 0 saturated heterocycles. The van der Waals surface area contributed by atoms with Crippen LogP contribution >= 0.6 is 11.8 Å². The van der Waals surface area contributed by atoms with Crippen molar-refractivity contribution >= 4 is 29.3 Å². The van der Waals surface area contributed by atoms with Gasteiger partial charge in [-0.1, -0.05) is 30.0 Å². The number of hydrogen-bond donors (Lipinski definition) is 2. The van der Waals surface area contributed by atoms with E-state index >= 15 is 0 Å². The molecule has 0 aliphatic carbocycles. The Hall–Kier alpha value is -3.20. The van der Waals surface area contributed by atoms with Crippen molar-refractivity contribution in [3.05, 3.63) is 70.8 Å². The van der Waals surface area contributed by atoms with Crippen molar-refractivity contribution in [1.29, 1.82) is 0 Å². The SMILES string of the molecule is CCn1c(SCC(=O)Nc2ccc(C)c(C)c2)nnc1[C@@H](C)NC(=O)c1ccccc1F. The Bertz CT molecular complexity index is 1130. The third kappa shape index (κ3) is 5.53. The van der Waals surface area contributed by atoms with Gasteiger partial charge in [-0.25, -0.2) is 4.39 Å². The summed E-state index contributed by atoms with van der Waals surface area (Å²) in [4.78, 5) is 24.8. The molecule has 0 aliphatic heterocycles. The number of benzene rings is 2. The van der Waals surface area contributed by atoms with Crippen LogP contribution in [0, 0.1) is 19.7 Å². The van der Waals surface area contributed by atoms with Gasteiger partial charge in [0.15, 0.2) is 11.0 Å². The van der Waals surface area contributed by atoms with E-state index in [1.165, 1.54) is 30.0 Å². The van der Waals surface area contributed by atoms with Crippen molar-refractivity contribution in [2.45, 2.75) is 45.4 Å². The lowest BCUT2D eigenvalue weighted by molar-refractivity contribution is -0.113. The first kappa shape index (κ1) is 23.5. The van der Waals surface area contributed by atoms with E-state index in [1.54, 1.807) is 13.0 Å². The molecule has 32 heavy (non-hydrogen) atoms. The van der Waals surface area contributed by atoms with Crippen LogP contribution in [-0.4, -0.2) is 32.3 Å². The van der Waals surface area contributed by atoms with Gasteiger partial charge in [0.05, 0.1) is 17.4 Å². The van der Waals surface area contributed by atoms with Crippen LogP contribution in [0.25, 0.3) is 0 Å². The van der Waals surface area contributed by atoms with Crippen LogP contribution < -0.4 is 10.6 Å². The normalized spacial score (nSPS) is 11.8. The number of nitrogens with zero attached hydrogens (tertiary/aromatic N) is 3. The highest BCUT2D eigenvalue weighted by Gasteiger charge is 2.21. The number of carbonyl (C=O) groups excluding carboxylic acids is 2. The molecule has 3 aromatic rings. The molecule has 0 saturated carbocycles. The predicted molar refractivity (Wildman–Crippen MR) is 123 cm³/mol. The summed E-state index contributed by atoms with van der Waals surface area (Å²) in [6.07, 6.45) is 0. The van der Waals surface area contributed by atoms with Gasteiger partial charge >= 0.3 is 0 Å². The fourth-order valence-electron chi connectivity index (χ4n) is 3.16. The average Bonchev–Trinajstić information content (AvgIpc) is 3.18. The Balaban J connectivity index is 1.63. The highest BCUT2D eigenvalue weighted by atomic mass is 32.2. The van der Waals surface area contributed by atoms with Gasteiger partial charge in [-0.2, -0.15) is 0 Å². The summed E-state index contributed by atoms with van der Waals surface area (Å²) in [5, 5.41) is 14.6. The maximum Gasteiger partial charge on any atom is 0.254 e. The van der Waals surface area contributed by atoms with Gasteiger partial charge in [-0.3, -0.25) is 9.59 Å². The van der Waals surface area contributed by atoms with Crippen LogP contribution in [0.5, 0.6) is 0 Å². The van der Waals surface area contributed by atoms with Crippen LogP contribution in [0.15, 0.2) is 47.6 Å². The molecule has 3 rings (SSSR count). The number of amides is 2.